The van der Waals surface area contributed by atoms with Crippen molar-refractivity contribution in [2.45, 2.75) is 6.42 Å². The van der Waals surface area contributed by atoms with Gasteiger partial charge in [-0.05, 0) is 24.3 Å². The number of nitrogens with zero attached hydrogens (tertiary/aromatic N) is 1. The quantitative estimate of drug-likeness (QED) is 0.762. The van der Waals surface area contributed by atoms with Crippen molar-refractivity contribution in [1.29, 1.82) is 0 Å². The Hall–Kier alpha value is -1.65. The lowest BCUT2D eigenvalue weighted by molar-refractivity contribution is -0.736. The molecule has 1 aromatic rings. The molecule has 94 valence electrons. The molecule has 1 aliphatic rings. The summed E-state index contributed by atoms with van der Waals surface area (Å²) in [4.78, 5) is 16.9. The van der Waals surface area contributed by atoms with Gasteiger partial charge in [-0.2, -0.15) is 0 Å². The number of hydrogen-bond acceptors (Lipinski definition) is 2. The Morgan fingerprint density at radius 1 is 1.33 bits per heavy atom. The van der Waals surface area contributed by atoms with E-state index in [-0.39, 0.29) is 5.91 Å². The first kappa shape index (κ1) is 12.8. The maximum absolute atomic E-state index is 11.8. The minimum absolute atomic E-state index is 0.0627. The molecule has 0 aromatic heterocycles. The lowest BCUT2D eigenvalue weighted by Gasteiger charge is -2.07. The molecule has 0 aliphatic carbocycles. The van der Waals surface area contributed by atoms with Gasteiger partial charge in [-0.1, -0.05) is 11.6 Å². The van der Waals surface area contributed by atoms with Crippen LogP contribution in [0.15, 0.2) is 41.7 Å². The largest absolute Gasteiger partial charge is 0.352 e. The summed E-state index contributed by atoms with van der Waals surface area (Å²) in [6, 6.07) is 6.87. The van der Waals surface area contributed by atoms with Crippen molar-refractivity contribution in [2.24, 2.45) is 4.99 Å². The van der Waals surface area contributed by atoms with Gasteiger partial charge in [-0.3, -0.25) is 9.69 Å². The van der Waals surface area contributed by atoms with Gasteiger partial charge in [0.05, 0.1) is 12.7 Å². The zero-order valence-corrected chi connectivity index (χ0v) is 10.7. The molecule has 0 saturated carbocycles. The van der Waals surface area contributed by atoms with Crippen molar-refractivity contribution in [2.75, 3.05) is 13.1 Å². The SMILES string of the molecule is O=C(NCCC[NH+]1C=CN=C1)c1ccc(Cl)cc1. The molecule has 2 rings (SSSR count). The van der Waals surface area contributed by atoms with Crippen LogP contribution >= 0.6 is 11.6 Å². The molecule has 4 nitrogen and oxygen atoms in total. The average molecular weight is 265 g/mol. The van der Waals surface area contributed by atoms with Crippen LogP contribution < -0.4 is 10.2 Å². The first-order valence-electron chi connectivity index (χ1n) is 5.85. The van der Waals surface area contributed by atoms with E-state index >= 15 is 0 Å². The van der Waals surface area contributed by atoms with Crippen molar-refractivity contribution >= 4 is 23.8 Å². The second-order valence-corrected chi connectivity index (χ2v) is 4.47. The average Bonchev–Trinajstić information content (AvgIpc) is 2.88. The van der Waals surface area contributed by atoms with Gasteiger partial charge in [0.1, 0.15) is 6.20 Å². The molecular weight excluding hydrogens is 250 g/mol. The van der Waals surface area contributed by atoms with E-state index < -0.39 is 0 Å². The van der Waals surface area contributed by atoms with Crippen LogP contribution in [-0.4, -0.2) is 25.3 Å². The fourth-order valence-electron chi connectivity index (χ4n) is 1.67. The highest BCUT2D eigenvalue weighted by molar-refractivity contribution is 6.30. The van der Waals surface area contributed by atoms with Crippen molar-refractivity contribution in [3.63, 3.8) is 0 Å². The second-order valence-electron chi connectivity index (χ2n) is 4.04. The van der Waals surface area contributed by atoms with Crippen molar-refractivity contribution < 1.29 is 9.69 Å². The molecule has 1 atom stereocenters. The van der Waals surface area contributed by atoms with E-state index in [2.05, 4.69) is 10.3 Å². The number of quaternary nitrogens is 1. The summed E-state index contributed by atoms with van der Waals surface area (Å²) >= 11 is 5.76. The van der Waals surface area contributed by atoms with Gasteiger partial charge in [0.25, 0.3) is 5.91 Å². The highest BCUT2D eigenvalue weighted by atomic mass is 35.5. The number of hydrogen-bond donors (Lipinski definition) is 2. The molecule has 0 fully saturated rings. The maximum atomic E-state index is 11.8. The summed E-state index contributed by atoms with van der Waals surface area (Å²) < 4.78 is 0. The summed E-state index contributed by atoms with van der Waals surface area (Å²) in [5.41, 5.74) is 0.634. The summed E-state index contributed by atoms with van der Waals surface area (Å²) in [5, 5.41) is 3.51. The highest BCUT2D eigenvalue weighted by Gasteiger charge is 2.07. The van der Waals surface area contributed by atoms with Crippen molar-refractivity contribution in [1.82, 2.24) is 5.32 Å². The van der Waals surface area contributed by atoms with E-state index in [1.807, 2.05) is 12.5 Å². The van der Waals surface area contributed by atoms with Crippen LogP contribution in [0.1, 0.15) is 16.8 Å². The summed E-state index contributed by atoms with van der Waals surface area (Å²) in [6.45, 7) is 1.59. The second kappa shape index (κ2) is 6.33. The third-order valence-electron chi connectivity index (χ3n) is 2.65. The Morgan fingerprint density at radius 3 is 2.78 bits per heavy atom. The van der Waals surface area contributed by atoms with E-state index in [0.717, 1.165) is 13.0 Å². The molecule has 0 saturated heterocycles. The Kier molecular flexibility index (Phi) is 4.50. The number of benzene rings is 1. The molecule has 0 radical (unpaired) electrons. The molecular formula is C13H15ClN3O+. The van der Waals surface area contributed by atoms with Crippen LogP contribution in [-0.2, 0) is 0 Å². The van der Waals surface area contributed by atoms with Crippen molar-refractivity contribution in [3.05, 3.63) is 47.3 Å². The lowest BCUT2D eigenvalue weighted by atomic mass is 10.2. The van der Waals surface area contributed by atoms with Crippen LogP contribution in [0, 0.1) is 0 Å². The minimum Gasteiger partial charge on any atom is -0.352 e. The Balaban J connectivity index is 1.70. The van der Waals surface area contributed by atoms with Crippen LogP contribution in [0.5, 0.6) is 0 Å². The summed E-state index contributed by atoms with van der Waals surface area (Å²) in [7, 11) is 0. The smallest absolute Gasteiger partial charge is 0.251 e. The number of aliphatic imine (C=N–C) groups is 1. The van der Waals surface area contributed by atoms with E-state index in [4.69, 9.17) is 11.6 Å². The van der Waals surface area contributed by atoms with E-state index in [1.165, 1.54) is 4.90 Å². The van der Waals surface area contributed by atoms with Crippen LogP contribution in [0.4, 0.5) is 0 Å². The normalized spacial score (nSPS) is 17.1. The number of nitrogens with one attached hydrogen (secondary N) is 2. The summed E-state index contributed by atoms with van der Waals surface area (Å²) in [5.74, 6) is -0.0627. The third kappa shape index (κ3) is 3.68. The number of halogens is 1. The van der Waals surface area contributed by atoms with E-state index in [0.29, 0.717) is 17.1 Å². The Morgan fingerprint density at radius 2 is 2.11 bits per heavy atom. The highest BCUT2D eigenvalue weighted by Crippen LogP contribution is 2.09. The molecule has 1 heterocycles. The van der Waals surface area contributed by atoms with Gasteiger partial charge in [-0.15, -0.1) is 0 Å². The molecule has 1 aliphatic heterocycles. The van der Waals surface area contributed by atoms with E-state index in [1.54, 1.807) is 30.5 Å². The first-order chi connectivity index (χ1) is 8.75. The van der Waals surface area contributed by atoms with Gasteiger partial charge < -0.3 is 5.32 Å². The van der Waals surface area contributed by atoms with Gasteiger partial charge >= 0.3 is 0 Å². The number of carbonyl (C=O) groups is 1. The Bertz CT molecular complexity index is 456. The summed E-state index contributed by atoms with van der Waals surface area (Å²) in [6.07, 6.45) is 6.52. The minimum atomic E-state index is -0.0627. The molecule has 5 heteroatoms. The zero-order chi connectivity index (χ0) is 12.8. The maximum Gasteiger partial charge on any atom is 0.251 e. The topological polar surface area (TPSA) is 45.9 Å². The molecule has 1 amide bonds. The van der Waals surface area contributed by atoms with E-state index in [9.17, 15) is 4.79 Å². The Labute approximate surface area is 111 Å². The fourth-order valence-corrected chi connectivity index (χ4v) is 1.79. The van der Waals surface area contributed by atoms with Crippen LogP contribution in [0.2, 0.25) is 5.02 Å². The third-order valence-corrected chi connectivity index (χ3v) is 2.90. The standard InChI is InChI=1S/C13H14ClN3O/c14-12-4-2-11(3-5-12)13(18)16-6-1-8-17-9-7-15-10-17/h2-5,7,9-10H,1,6,8H2,(H,16,18)/p+1. The lowest BCUT2D eigenvalue weighted by Crippen LogP contribution is -3.05. The fraction of sp³-hybridized carbons (Fsp3) is 0.231. The molecule has 1 aromatic carbocycles. The number of rotatable bonds is 5. The van der Waals surface area contributed by atoms with Crippen LogP contribution in [0.25, 0.3) is 0 Å². The molecule has 0 bridgehead atoms. The molecule has 2 N–H and O–H groups in total. The molecule has 1 unspecified atom stereocenters. The monoisotopic (exact) mass is 264 g/mol. The predicted octanol–water partition coefficient (Wildman–Crippen LogP) is 0.858. The predicted molar refractivity (Wildman–Crippen MR) is 71.9 cm³/mol. The first-order valence-corrected chi connectivity index (χ1v) is 6.23. The van der Waals surface area contributed by atoms with Gasteiger partial charge in [-0.25, -0.2) is 4.99 Å². The molecule has 0 spiro atoms. The molecule has 18 heavy (non-hydrogen) atoms. The number of amides is 1. The van der Waals surface area contributed by atoms with Gasteiger partial charge in [0.2, 0.25) is 0 Å². The van der Waals surface area contributed by atoms with Gasteiger partial charge in [0.15, 0.2) is 6.34 Å². The van der Waals surface area contributed by atoms with Crippen LogP contribution in [0.3, 0.4) is 0 Å². The number of carbonyl (C=O) groups excluding carboxylic acids is 1. The van der Waals surface area contributed by atoms with Gasteiger partial charge in [0, 0.05) is 23.6 Å². The zero-order valence-electron chi connectivity index (χ0n) is 9.90. The van der Waals surface area contributed by atoms with Crippen molar-refractivity contribution in [3.8, 4) is 0 Å².